The zero-order valence-electron chi connectivity index (χ0n) is 19.4. The number of hydrogen-bond acceptors (Lipinski definition) is 4. The minimum absolute atomic E-state index is 0.596. The minimum atomic E-state index is -2.19. The molecule has 2 rings (SSSR count). The van der Waals surface area contributed by atoms with Gasteiger partial charge in [-0.15, -0.1) is 0 Å². The van der Waals surface area contributed by atoms with Crippen LogP contribution in [0.25, 0.3) is 11.1 Å². The SMILES string of the molecule is CCC[Si](C)(C)O[Si](C)(C)O[Si](C)(C)COc1ccc(-c2ccc(C#N)cc2)cc1. The molecular weight excluding hydrogens is 423 g/mol. The predicted octanol–water partition coefficient (Wildman–Crippen LogP) is 6.70. The molecule has 0 aliphatic heterocycles. The van der Waals surface area contributed by atoms with Crippen LogP contribution < -0.4 is 4.74 Å². The molecule has 0 aliphatic carbocycles. The number of rotatable bonds is 10. The highest BCUT2D eigenvalue weighted by Gasteiger charge is 2.39. The molecule has 0 heterocycles. The van der Waals surface area contributed by atoms with E-state index in [9.17, 15) is 0 Å². The smallest absolute Gasteiger partial charge is 0.311 e. The summed E-state index contributed by atoms with van der Waals surface area (Å²) in [5.74, 6) is 0.845. The first-order valence-corrected chi connectivity index (χ1v) is 19.6. The number of nitrogens with zero attached hydrogens (tertiary/aromatic N) is 1. The standard InChI is InChI=1S/C23H35NO3Si3/c1-8-17-28(2,3)26-30(6,7)27-29(4,5)19-25-23-15-13-22(14-16-23)21-11-9-20(18-24)10-12-21/h9-16H,8,17,19H2,1-7H3. The second kappa shape index (κ2) is 10.1. The quantitative estimate of drug-likeness (QED) is 0.372. The van der Waals surface area contributed by atoms with E-state index in [0.717, 1.165) is 29.3 Å². The van der Waals surface area contributed by atoms with Crippen LogP contribution in [-0.2, 0) is 8.23 Å². The van der Waals surface area contributed by atoms with Crippen LogP contribution in [0, 0.1) is 11.3 Å². The molecule has 0 amide bonds. The number of nitriles is 1. The van der Waals surface area contributed by atoms with Crippen LogP contribution in [0.15, 0.2) is 48.5 Å². The van der Waals surface area contributed by atoms with Gasteiger partial charge in [0.15, 0.2) is 8.32 Å². The molecule has 4 nitrogen and oxygen atoms in total. The van der Waals surface area contributed by atoms with E-state index in [1.54, 1.807) is 0 Å². The summed E-state index contributed by atoms with van der Waals surface area (Å²) < 4.78 is 19.2. The summed E-state index contributed by atoms with van der Waals surface area (Å²) in [5, 5.41) is 8.93. The van der Waals surface area contributed by atoms with Crippen LogP contribution in [0.1, 0.15) is 18.9 Å². The highest BCUT2D eigenvalue weighted by Crippen LogP contribution is 2.26. The highest BCUT2D eigenvalue weighted by atomic mass is 28.5. The van der Waals surface area contributed by atoms with Crippen molar-refractivity contribution in [3.05, 3.63) is 54.1 Å². The first-order valence-electron chi connectivity index (χ1n) is 10.6. The third kappa shape index (κ3) is 7.85. The van der Waals surface area contributed by atoms with E-state index in [-0.39, 0.29) is 0 Å². The van der Waals surface area contributed by atoms with Gasteiger partial charge in [-0.05, 0) is 80.7 Å². The molecule has 0 aliphatic rings. The van der Waals surface area contributed by atoms with E-state index in [0.29, 0.717) is 11.8 Å². The zero-order chi connectivity index (χ0) is 22.4. The van der Waals surface area contributed by atoms with Crippen molar-refractivity contribution >= 4 is 25.2 Å². The van der Waals surface area contributed by atoms with Crippen molar-refractivity contribution in [1.82, 2.24) is 0 Å². The lowest BCUT2D eigenvalue weighted by Gasteiger charge is -2.38. The Morgan fingerprint density at radius 3 is 1.77 bits per heavy atom. The Labute approximate surface area is 185 Å². The Morgan fingerprint density at radius 2 is 1.27 bits per heavy atom. The molecule has 0 atom stereocenters. The van der Waals surface area contributed by atoms with Gasteiger partial charge in [-0.1, -0.05) is 37.6 Å². The summed E-state index contributed by atoms with van der Waals surface area (Å²) in [6, 6.07) is 19.0. The van der Waals surface area contributed by atoms with Crippen molar-refractivity contribution in [3.63, 3.8) is 0 Å². The Balaban J connectivity index is 1.95. The summed E-state index contributed by atoms with van der Waals surface area (Å²) in [4.78, 5) is 0. The van der Waals surface area contributed by atoms with Crippen LogP contribution in [0.5, 0.6) is 5.75 Å². The first kappa shape index (κ1) is 24.6. The summed E-state index contributed by atoms with van der Waals surface area (Å²) in [6.07, 6.45) is 1.75. The maximum Gasteiger partial charge on any atom is 0.311 e. The maximum atomic E-state index is 8.93. The van der Waals surface area contributed by atoms with Gasteiger partial charge in [-0.3, -0.25) is 0 Å². The molecule has 0 radical (unpaired) electrons. The van der Waals surface area contributed by atoms with Gasteiger partial charge in [0.05, 0.1) is 11.6 Å². The molecule has 30 heavy (non-hydrogen) atoms. The lowest BCUT2D eigenvalue weighted by Crippen LogP contribution is -2.54. The third-order valence-corrected chi connectivity index (χ3v) is 15.6. The topological polar surface area (TPSA) is 51.5 Å². The fourth-order valence-electron chi connectivity index (χ4n) is 3.77. The first-order chi connectivity index (χ1) is 14.0. The van der Waals surface area contributed by atoms with Gasteiger partial charge in [0, 0.05) is 0 Å². The number of hydrogen-bond donors (Lipinski definition) is 0. The van der Waals surface area contributed by atoms with Crippen molar-refractivity contribution in [1.29, 1.82) is 5.26 Å². The summed E-state index contributed by atoms with van der Waals surface area (Å²) in [6.45, 7) is 15.5. The van der Waals surface area contributed by atoms with Crippen LogP contribution in [-0.4, -0.2) is 31.4 Å². The molecule has 2 aromatic rings. The van der Waals surface area contributed by atoms with Gasteiger partial charge in [0.1, 0.15) is 12.0 Å². The fraction of sp³-hybridized carbons (Fsp3) is 0.435. The van der Waals surface area contributed by atoms with Gasteiger partial charge >= 0.3 is 8.56 Å². The molecule has 0 fully saturated rings. The molecule has 0 spiro atoms. The molecule has 0 saturated carbocycles. The molecule has 7 heteroatoms. The van der Waals surface area contributed by atoms with Gasteiger partial charge in [-0.25, -0.2) is 0 Å². The molecular formula is C23H35NO3Si3. The van der Waals surface area contributed by atoms with Gasteiger partial charge in [0.2, 0.25) is 8.32 Å². The molecule has 162 valence electrons. The number of ether oxygens (including phenoxy) is 1. The van der Waals surface area contributed by atoms with Gasteiger partial charge in [-0.2, -0.15) is 5.26 Å². The normalized spacial score (nSPS) is 12.5. The summed E-state index contributed by atoms with van der Waals surface area (Å²) in [7, 11) is -5.89. The molecule has 0 aromatic heterocycles. The Hall–Kier alpha value is -1.70. The Kier molecular flexibility index (Phi) is 8.25. The summed E-state index contributed by atoms with van der Waals surface area (Å²) in [5.41, 5.74) is 2.86. The average Bonchev–Trinajstić information content (AvgIpc) is 2.65. The minimum Gasteiger partial charge on any atom is -0.494 e. The van der Waals surface area contributed by atoms with Crippen LogP contribution >= 0.6 is 0 Å². The second-order valence-corrected chi connectivity index (χ2v) is 21.6. The largest absolute Gasteiger partial charge is 0.494 e. The van der Waals surface area contributed by atoms with Crippen LogP contribution in [0.2, 0.25) is 45.3 Å². The van der Waals surface area contributed by atoms with E-state index in [4.69, 9.17) is 18.2 Å². The maximum absolute atomic E-state index is 8.93. The van der Waals surface area contributed by atoms with Gasteiger partial charge in [0.25, 0.3) is 0 Å². The molecule has 0 unspecified atom stereocenters. The van der Waals surface area contributed by atoms with E-state index in [2.05, 4.69) is 52.3 Å². The van der Waals surface area contributed by atoms with E-state index >= 15 is 0 Å². The van der Waals surface area contributed by atoms with Crippen molar-refractivity contribution in [3.8, 4) is 22.9 Å². The van der Waals surface area contributed by atoms with Crippen LogP contribution in [0.3, 0.4) is 0 Å². The predicted molar refractivity (Wildman–Crippen MR) is 132 cm³/mol. The number of benzene rings is 2. The second-order valence-electron chi connectivity index (χ2n) is 9.38. The zero-order valence-corrected chi connectivity index (χ0v) is 22.4. The fourth-order valence-corrected chi connectivity index (χ4v) is 17.3. The van der Waals surface area contributed by atoms with E-state index in [1.807, 2.05) is 48.5 Å². The van der Waals surface area contributed by atoms with Crippen molar-refractivity contribution in [2.75, 3.05) is 6.23 Å². The van der Waals surface area contributed by atoms with Crippen molar-refractivity contribution < 1.29 is 13.0 Å². The van der Waals surface area contributed by atoms with E-state index < -0.39 is 25.2 Å². The van der Waals surface area contributed by atoms with Gasteiger partial charge < -0.3 is 13.0 Å². The molecule has 0 saturated heterocycles. The highest BCUT2D eigenvalue weighted by molar-refractivity contribution is 6.87. The molecule has 0 N–H and O–H groups in total. The monoisotopic (exact) mass is 457 g/mol. The van der Waals surface area contributed by atoms with Crippen molar-refractivity contribution in [2.45, 2.75) is 58.7 Å². The average molecular weight is 458 g/mol. The molecule has 0 bridgehead atoms. The van der Waals surface area contributed by atoms with Crippen LogP contribution in [0.4, 0.5) is 0 Å². The van der Waals surface area contributed by atoms with Crippen molar-refractivity contribution in [2.24, 2.45) is 0 Å². The Morgan fingerprint density at radius 1 is 0.767 bits per heavy atom. The third-order valence-electron chi connectivity index (χ3n) is 4.68. The summed E-state index contributed by atoms with van der Waals surface area (Å²) >= 11 is 0. The lowest BCUT2D eigenvalue weighted by atomic mass is 10.0. The Bertz CT molecular complexity index is 857. The van der Waals surface area contributed by atoms with E-state index in [1.165, 1.54) is 0 Å². The molecule has 2 aromatic carbocycles. The lowest BCUT2D eigenvalue weighted by molar-refractivity contribution is 0.329.